The lowest BCUT2D eigenvalue weighted by atomic mass is 9.98. The molecule has 1 atom stereocenters. The Hall–Kier alpha value is -4.23. The minimum Gasteiger partial charge on any atom is -0.496 e. The molecule has 5 rings (SSSR count). The quantitative estimate of drug-likeness (QED) is 0.280. The molecular formula is C33H37N5O2. The highest BCUT2D eigenvalue weighted by atomic mass is 16.5. The second-order valence-electron chi connectivity index (χ2n) is 10.9. The third kappa shape index (κ3) is 6.15. The zero-order valence-corrected chi connectivity index (χ0v) is 23.4. The molecule has 1 aliphatic rings. The van der Waals surface area contributed by atoms with Crippen LogP contribution in [0.25, 0.3) is 5.57 Å². The number of aryl methyl sites for hydroxylation is 2. The number of hydrogen-bond donors (Lipinski definition) is 2. The number of fused-ring (bicyclic) bond motifs is 1. The number of rotatable bonds is 11. The zero-order chi connectivity index (χ0) is 28.1. The molecule has 1 aliphatic carbocycles. The topological polar surface area (TPSA) is 95.1 Å². The van der Waals surface area contributed by atoms with Gasteiger partial charge in [0.2, 0.25) is 5.91 Å². The van der Waals surface area contributed by atoms with Crippen LogP contribution in [0.1, 0.15) is 60.2 Å². The number of nitrogens with two attached hydrogens (primary N) is 1. The van der Waals surface area contributed by atoms with Gasteiger partial charge in [0.1, 0.15) is 11.6 Å². The average molecular weight is 536 g/mol. The second kappa shape index (κ2) is 11.9. The monoisotopic (exact) mass is 535 g/mol. The van der Waals surface area contributed by atoms with Crippen molar-refractivity contribution in [3.63, 3.8) is 0 Å². The fraction of sp³-hybridized carbons (Fsp3) is 0.303. The van der Waals surface area contributed by atoms with Crippen LogP contribution >= 0.6 is 0 Å². The first-order valence-corrected chi connectivity index (χ1v) is 13.8. The van der Waals surface area contributed by atoms with Crippen LogP contribution in [0.15, 0.2) is 84.9 Å². The predicted octanol–water partition coefficient (Wildman–Crippen LogP) is 5.04. The van der Waals surface area contributed by atoms with E-state index in [-0.39, 0.29) is 5.91 Å². The van der Waals surface area contributed by atoms with Crippen LogP contribution in [-0.2, 0) is 30.6 Å². The molecule has 1 amide bonds. The Morgan fingerprint density at radius 2 is 1.73 bits per heavy atom. The number of carbonyl (C=O) groups is 1. The van der Waals surface area contributed by atoms with E-state index in [1.54, 1.807) is 21.0 Å². The number of carbonyl (C=O) groups excluding carboxylic acids is 1. The highest BCUT2D eigenvalue weighted by Crippen LogP contribution is 2.35. The first-order valence-electron chi connectivity index (χ1n) is 13.8. The third-order valence-corrected chi connectivity index (χ3v) is 7.42. The number of nitrogens with zero attached hydrogens (tertiary/aromatic N) is 3. The molecule has 1 heterocycles. The second-order valence-corrected chi connectivity index (χ2v) is 10.9. The van der Waals surface area contributed by atoms with Gasteiger partial charge in [-0.2, -0.15) is 0 Å². The van der Waals surface area contributed by atoms with Crippen LogP contribution in [0.2, 0.25) is 0 Å². The van der Waals surface area contributed by atoms with Crippen LogP contribution in [0.4, 0.5) is 0 Å². The average Bonchev–Trinajstić information content (AvgIpc) is 3.55. The van der Waals surface area contributed by atoms with E-state index in [2.05, 4.69) is 63.5 Å². The summed E-state index contributed by atoms with van der Waals surface area (Å²) in [5, 5.41) is 12.6. The lowest BCUT2D eigenvalue weighted by molar-refractivity contribution is -0.126. The molecule has 0 radical (unpaired) electrons. The standard InChI is InChI=1S/C33H37N5O2/c1-33(2,34)32(39)35-28(21-25-19-18-24-13-7-9-15-27(24)25)31-37-36-30(20-17-23-11-5-4-6-12-23)38(31)22-26-14-8-10-16-29(26)40-3/h4-16,19,28H,17-18,20-22,34H2,1-3H3,(H,35,39)/t28-/m1/s1. The number of aromatic nitrogens is 3. The van der Waals surface area contributed by atoms with Crippen molar-refractivity contribution in [2.45, 2.75) is 57.7 Å². The number of allylic oxidation sites excluding steroid dienone is 1. The predicted molar refractivity (Wildman–Crippen MR) is 158 cm³/mol. The summed E-state index contributed by atoms with van der Waals surface area (Å²) in [4.78, 5) is 13.2. The molecule has 4 aromatic rings. The van der Waals surface area contributed by atoms with Gasteiger partial charge < -0.3 is 20.4 Å². The summed E-state index contributed by atoms with van der Waals surface area (Å²) in [6, 6.07) is 26.3. The largest absolute Gasteiger partial charge is 0.496 e. The molecule has 40 heavy (non-hydrogen) atoms. The molecule has 0 spiro atoms. The van der Waals surface area contributed by atoms with Gasteiger partial charge in [-0.1, -0.05) is 78.9 Å². The van der Waals surface area contributed by atoms with Gasteiger partial charge in [-0.3, -0.25) is 4.79 Å². The Bertz CT molecular complexity index is 1500. The molecule has 0 fully saturated rings. The highest BCUT2D eigenvalue weighted by molar-refractivity contribution is 5.85. The molecule has 0 unspecified atom stereocenters. The third-order valence-electron chi connectivity index (χ3n) is 7.42. The Morgan fingerprint density at radius 1 is 1.00 bits per heavy atom. The van der Waals surface area contributed by atoms with E-state index in [0.29, 0.717) is 25.2 Å². The number of nitrogens with one attached hydrogen (secondary N) is 1. The van der Waals surface area contributed by atoms with Crippen molar-refractivity contribution in [3.05, 3.63) is 119 Å². The van der Waals surface area contributed by atoms with Crippen LogP contribution in [0.5, 0.6) is 5.75 Å². The van der Waals surface area contributed by atoms with E-state index < -0.39 is 11.6 Å². The van der Waals surface area contributed by atoms with Gasteiger partial charge in [0, 0.05) is 18.4 Å². The van der Waals surface area contributed by atoms with E-state index in [1.807, 2.05) is 36.4 Å². The van der Waals surface area contributed by atoms with E-state index in [0.717, 1.165) is 30.0 Å². The molecule has 0 saturated carbocycles. The smallest absolute Gasteiger partial charge is 0.240 e. The molecule has 3 aromatic carbocycles. The van der Waals surface area contributed by atoms with E-state index in [4.69, 9.17) is 15.6 Å². The Kier molecular flexibility index (Phi) is 8.12. The molecule has 0 bridgehead atoms. The summed E-state index contributed by atoms with van der Waals surface area (Å²) < 4.78 is 7.81. The lowest BCUT2D eigenvalue weighted by Gasteiger charge is -2.25. The maximum Gasteiger partial charge on any atom is 0.240 e. The molecule has 7 nitrogen and oxygen atoms in total. The fourth-order valence-electron chi connectivity index (χ4n) is 5.19. The summed E-state index contributed by atoms with van der Waals surface area (Å²) in [7, 11) is 1.68. The summed E-state index contributed by atoms with van der Waals surface area (Å²) >= 11 is 0. The van der Waals surface area contributed by atoms with Gasteiger partial charge in [0.05, 0.1) is 25.2 Å². The number of amides is 1. The van der Waals surface area contributed by atoms with Gasteiger partial charge in [-0.25, -0.2) is 0 Å². The molecule has 7 heteroatoms. The normalized spacial score (nSPS) is 13.4. The number of para-hydroxylation sites is 1. The van der Waals surface area contributed by atoms with Crippen molar-refractivity contribution < 1.29 is 9.53 Å². The van der Waals surface area contributed by atoms with Gasteiger partial charge in [-0.05, 0) is 55.0 Å². The van der Waals surface area contributed by atoms with Gasteiger partial charge >= 0.3 is 0 Å². The number of ether oxygens (including phenoxy) is 1. The summed E-state index contributed by atoms with van der Waals surface area (Å²) in [6.07, 6.45) is 5.25. The van der Waals surface area contributed by atoms with Crippen molar-refractivity contribution in [2.75, 3.05) is 7.11 Å². The van der Waals surface area contributed by atoms with Crippen molar-refractivity contribution in [3.8, 4) is 5.75 Å². The summed E-state index contributed by atoms with van der Waals surface area (Å²) in [6.45, 7) is 3.95. The fourth-order valence-corrected chi connectivity index (χ4v) is 5.19. The maximum atomic E-state index is 13.2. The van der Waals surface area contributed by atoms with E-state index in [9.17, 15) is 4.79 Å². The molecule has 3 N–H and O–H groups in total. The molecule has 1 aromatic heterocycles. The first kappa shape index (κ1) is 27.3. The number of benzene rings is 3. The van der Waals surface area contributed by atoms with Crippen molar-refractivity contribution in [1.82, 2.24) is 20.1 Å². The SMILES string of the molecule is COc1ccccc1Cn1c(CCc2ccccc2)nnc1[C@@H](CC1=CCc2ccccc21)NC(=O)C(C)(C)N. The molecule has 206 valence electrons. The van der Waals surface area contributed by atoms with E-state index >= 15 is 0 Å². The number of hydrogen-bond acceptors (Lipinski definition) is 5. The van der Waals surface area contributed by atoms with Crippen molar-refractivity contribution in [2.24, 2.45) is 5.73 Å². The van der Waals surface area contributed by atoms with Gasteiger partial charge in [0.25, 0.3) is 0 Å². The van der Waals surface area contributed by atoms with Crippen molar-refractivity contribution >= 4 is 11.5 Å². The number of methoxy groups -OCH3 is 1. The first-order chi connectivity index (χ1) is 19.3. The minimum atomic E-state index is -1.04. The Balaban J connectivity index is 1.53. The molecule has 0 aliphatic heterocycles. The molecular weight excluding hydrogens is 498 g/mol. The van der Waals surface area contributed by atoms with Gasteiger partial charge in [-0.15, -0.1) is 10.2 Å². The maximum absolute atomic E-state index is 13.2. The lowest BCUT2D eigenvalue weighted by Crippen LogP contribution is -2.50. The van der Waals surface area contributed by atoms with E-state index in [1.165, 1.54) is 22.3 Å². The highest BCUT2D eigenvalue weighted by Gasteiger charge is 2.30. The van der Waals surface area contributed by atoms with Crippen LogP contribution in [0, 0.1) is 0 Å². The summed E-state index contributed by atoms with van der Waals surface area (Å²) in [5.74, 6) is 2.13. The van der Waals surface area contributed by atoms with Crippen LogP contribution in [-0.4, -0.2) is 33.3 Å². The van der Waals surface area contributed by atoms with Crippen molar-refractivity contribution in [1.29, 1.82) is 0 Å². The van der Waals surface area contributed by atoms with Crippen LogP contribution in [0.3, 0.4) is 0 Å². The Labute approximate surface area is 236 Å². The Morgan fingerprint density at radius 3 is 2.50 bits per heavy atom. The minimum absolute atomic E-state index is 0.234. The summed E-state index contributed by atoms with van der Waals surface area (Å²) in [5.41, 5.74) is 11.1. The van der Waals surface area contributed by atoms with Crippen LogP contribution < -0.4 is 15.8 Å². The van der Waals surface area contributed by atoms with Gasteiger partial charge in [0.15, 0.2) is 5.82 Å². The molecule has 0 saturated heterocycles. The zero-order valence-electron chi connectivity index (χ0n) is 23.4.